The minimum atomic E-state index is -0.689. The molecule has 0 aliphatic carbocycles. The Morgan fingerprint density at radius 2 is 2.00 bits per heavy atom. The fraction of sp³-hybridized carbons (Fsp3) is 0. The Morgan fingerprint density at radius 1 is 1.26 bits per heavy atom. The Labute approximate surface area is 113 Å². The van der Waals surface area contributed by atoms with E-state index in [1.807, 2.05) is 12.1 Å². The van der Waals surface area contributed by atoms with E-state index >= 15 is 0 Å². The van der Waals surface area contributed by atoms with Gasteiger partial charge in [0.05, 0.1) is 5.39 Å². The summed E-state index contributed by atoms with van der Waals surface area (Å²) in [6, 6.07) is 9.00. The zero-order chi connectivity index (χ0) is 13.4. The number of furan rings is 1. The predicted octanol–water partition coefficient (Wildman–Crippen LogP) is 2.64. The SMILES string of the molecule is NC(=O)c1ncc2cc(-c3ccc(Cl)cc3)oc2n1. The van der Waals surface area contributed by atoms with Crippen LogP contribution in [0, 0.1) is 0 Å². The van der Waals surface area contributed by atoms with Gasteiger partial charge in [0.25, 0.3) is 5.91 Å². The smallest absolute Gasteiger partial charge is 0.286 e. The van der Waals surface area contributed by atoms with Crippen LogP contribution >= 0.6 is 11.6 Å². The number of hydrogen-bond acceptors (Lipinski definition) is 4. The van der Waals surface area contributed by atoms with Crippen molar-refractivity contribution in [1.82, 2.24) is 9.97 Å². The number of nitrogens with zero attached hydrogens (tertiary/aromatic N) is 2. The molecule has 0 saturated heterocycles. The lowest BCUT2D eigenvalue weighted by Crippen LogP contribution is -2.14. The fourth-order valence-electron chi connectivity index (χ4n) is 1.71. The number of fused-ring (bicyclic) bond motifs is 1. The normalized spacial score (nSPS) is 10.8. The Morgan fingerprint density at radius 3 is 2.68 bits per heavy atom. The van der Waals surface area contributed by atoms with Crippen LogP contribution in [0.2, 0.25) is 5.02 Å². The van der Waals surface area contributed by atoms with Crippen molar-refractivity contribution < 1.29 is 9.21 Å². The lowest BCUT2D eigenvalue weighted by atomic mass is 10.2. The number of benzene rings is 1. The zero-order valence-electron chi connectivity index (χ0n) is 9.63. The molecule has 1 amide bonds. The van der Waals surface area contributed by atoms with E-state index in [9.17, 15) is 4.79 Å². The highest BCUT2D eigenvalue weighted by Gasteiger charge is 2.11. The quantitative estimate of drug-likeness (QED) is 0.778. The summed E-state index contributed by atoms with van der Waals surface area (Å²) in [4.78, 5) is 18.8. The highest BCUT2D eigenvalue weighted by atomic mass is 35.5. The Kier molecular flexibility index (Phi) is 2.68. The van der Waals surface area contributed by atoms with E-state index in [0.29, 0.717) is 21.9 Å². The first-order chi connectivity index (χ1) is 9.13. The second-order valence-corrected chi connectivity index (χ2v) is 4.37. The summed E-state index contributed by atoms with van der Waals surface area (Å²) in [6.07, 6.45) is 1.51. The summed E-state index contributed by atoms with van der Waals surface area (Å²) >= 11 is 5.83. The molecule has 0 fully saturated rings. The van der Waals surface area contributed by atoms with Crippen molar-refractivity contribution in [2.75, 3.05) is 0 Å². The van der Waals surface area contributed by atoms with E-state index < -0.39 is 5.91 Å². The number of aromatic nitrogens is 2. The van der Waals surface area contributed by atoms with Gasteiger partial charge in [-0.3, -0.25) is 4.79 Å². The third kappa shape index (κ3) is 2.15. The molecule has 0 saturated carbocycles. The summed E-state index contributed by atoms with van der Waals surface area (Å²) in [5.74, 6) is -0.126. The maximum Gasteiger partial charge on any atom is 0.286 e. The summed E-state index contributed by atoms with van der Waals surface area (Å²) in [5, 5.41) is 1.35. The van der Waals surface area contributed by atoms with E-state index in [2.05, 4.69) is 9.97 Å². The van der Waals surface area contributed by atoms with Crippen molar-refractivity contribution in [3.05, 3.63) is 47.4 Å². The van der Waals surface area contributed by atoms with Crippen molar-refractivity contribution in [2.45, 2.75) is 0 Å². The van der Waals surface area contributed by atoms with Gasteiger partial charge < -0.3 is 10.2 Å². The Bertz CT molecular complexity index is 765. The number of carbonyl (C=O) groups excluding carboxylic acids is 1. The van der Waals surface area contributed by atoms with Crippen molar-refractivity contribution in [2.24, 2.45) is 5.73 Å². The molecule has 6 heteroatoms. The molecule has 5 nitrogen and oxygen atoms in total. The van der Waals surface area contributed by atoms with Crippen LogP contribution in [0.15, 0.2) is 40.9 Å². The highest BCUT2D eigenvalue weighted by Crippen LogP contribution is 2.27. The number of rotatable bonds is 2. The van der Waals surface area contributed by atoms with Gasteiger partial charge in [-0.15, -0.1) is 0 Å². The van der Waals surface area contributed by atoms with Gasteiger partial charge >= 0.3 is 0 Å². The topological polar surface area (TPSA) is 82.0 Å². The molecule has 19 heavy (non-hydrogen) atoms. The Balaban J connectivity index is 2.11. The highest BCUT2D eigenvalue weighted by molar-refractivity contribution is 6.30. The van der Waals surface area contributed by atoms with E-state index in [1.165, 1.54) is 6.20 Å². The molecular weight excluding hydrogens is 266 g/mol. The van der Waals surface area contributed by atoms with Gasteiger partial charge in [-0.25, -0.2) is 4.98 Å². The van der Waals surface area contributed by atoms with E-state index in [4.69, 9.17) is 21.8 Å². The van der Waals surface area contributed by atoms with Crippen LogP contribution < -0.4 is 5.73 Å². The van der Waals surface area contributed by atoms with Crippen molar-refractivity contribution in [3.63, 3.8) is 0 Å². The molecule has 3 aromatic rings. The first kappa shape index (κ1) is 11.7. The molecular formula is C13H8ClN3O2. The summed E-state index contributed by atoms with van der Waals surface area (Å²) in [5.41, 5.74) is 6.31. The maximum atomic E-state index is 11.0. The third-order valence-corrected chi connectivity index (χ3v) is 2.87. The minimum absolute atomic E-state index is 0.0653. The first-order valence-corrected chi connectivity index (χ1v) is 5.83. The van der Waals surface area contributed by atoms with Crippen LogP contribution in [0.3, 0.4) is 0 Å². The molecule has 0 aliphatic rings. The zero-order valence-corrected chi connectivity index (χ0v) is 10.4. The third-order valence-electron chi connectivity index (χ3n) is 2.62. The summed E-state index contributed by atoms with van der Waals surface area (Å²) in [7, 11) is 0. The van der Waals surface area contributed by atoms with Gasteiger partial charge in [0.1, 0.15) is 5.76 Å². The molecule has 0 radical (unpaired) electrons. The van der Waals surface area contributed by atoms with E-state index in [1.54, 1.807) is 18.2 Å². The molecule has 2 aromatic heterocycles. The van der Waals surface area contributed by atoms with Crippen molar-refractivity contribution in [1.29, 1.82) is 0 Å². The van der Waals surface area contributed by atoms with Gasteiger partial charge in [0, 0.05) is 16.8 Å². The number of hydrogen-bond donors (Lipinski definition) is 1. The van der Waals surface area contributed by atoms with Crippen LogP contribution in [0.4, 0.5) is 0 Å². The van der Waals surface area contributed by atoms with Gasteiger partial charge in [-0.05, 0) is 30.3 Å². The lowest BCUT2D eigenvalue weighted by Gasteiger charge is -1.95. The molecule has 3 rings (SSSR count). The monoisotopic (exact) mass is 273 g/mol. The first-order valence-electron chi connectivity index (χ1n) is 5.46. The minimum Gasteiger partial charge on any atom is -0.438 e. The predicted molar refractivity (Wildman–Crippen MR) is 70.8 cm³/mol. The lowest BCUT2D eigenvalue weighted by molar-refractivity contribution is 0.0990. The van der Waals surface area contributed by atoms with Gasteiger partial charge in [-0.2, -0.15) is 4.98 Å². The van der Waals surface area contributed by atoms with Gasteiger partial charge in [-0.1, -0.05) is 11.6 Å². The van der Waals surface area contributed by atoms with Crippen LogP contribution in [-0.2, 0) is 0 Å². The van der Waals surface area contributed by atoms with Gasteiger partial charge in [0.15, 0.2) is 0 Å². The summed E-state index contributed by atoms with van der Waals surface area (Å²) in [6.45, 7) is 0. The van der Waals surface area contributed by atoms with Gasteiger partial charge in [0.2, 0.25) is 11.5 Å². The maximum absolute atomic E-state index is 11.0. The molecule has 0 aliphatic heterocycles. The average molecular weight is 274 g/mol. The summed E-state index contributed by atoms with van der Waals surface area (Å²) < 4.78 is 5.58. The second kappa shape index (κ2) is 4.37. The second-order valence-electron chi connectivity index (χ2n) is 3.94. The van der Waals surface area contributed by atoms with Crippen LogP contribution in [-0.4, -0.2) is 15.9 Å². The number of primary amides is 1. The Hall–Kier alpha value is -2.40. The van der Waals surface area contributed by atoms with Crippen LogP contribution in [0.1, 0.15) is 10.6 Å². The van der Waals surface area contributed by atoms with Crippen molar-refractivity contribution in [3.8, 4) is 11.3 Å². The molecule has 2 N–H and O–H groups in total. The standard InChI is InChI=1S/C13H8ClN3O2/c14-9-3-1-7(2-4-9)10-5-8-6-16-12(11(15)18)17-13(8)19-10/h1-6H,(H2,15,18). The molecule has 1 aromatic carbocycles. The van der Waals surface area contributed by atoms with Crippen molar-refractivity contribution >= 4 is 28.6 Å². The van der Waals surface area contributed by atoms with E-state index in [0.717, 1.165) is 5.56 Å². The van der Waals surface area contributed by atoms with E-state index in [-0.39, 0.29) is 5.82 Å². The van der Waals surface area contributed by atoms with Crippen LogP contribution in [0.5, 0.6) is 0 Å². The molecule has 0 unspecified atom stereocenters. The molecule has 0 spiro atoms. The van der Waals surface area contributed by atoms with Crippen LogP contribution in [0.25, 0.3) is 22.4 Å². The number of halogens is 1. The largest absolute Gasteiger partial charge is 0.438 e. The molecule has 94 valence electrons. The molecule has 2 heterocycles. The average Bonchev–Trinajstić information content (AvgIpc) is 2.82. The number of carbonyl (C=O) groups is 1. The number of amides is 1. The fourth-order valence-corrected chi connectivity index (χ4v) is 1.83. The number of nitrogens with two attached hydrogens (primary N) is 1. The molecule has 0 bridgehead atoms. The molecule has 0 atom stereocenters.